The minimum absolute atomic E-state index is 0.0424. The van der Waals surface area contributed by atoms with Gasteiger partial charge in [0.15, 0.2) is 0 Å². The molecule has 0 unspecified atom stereocenters. The van der Waals surface area contributed by atoms with E-state index in [-0.39, 0.29) is 17.2 Å². The van der Waals surface area contributed by atoms with Gasteiger partial charge in [0.25, 0.3) is 0 Å². The summed E-state index contributed by atoms with van der Waals surface area (Å²) in [6.07, 6.45) is 0. The Kier molecular flexibility index (Phi) is 3.33. The van der Waals surface area contributed by atoms with E-state index >= 15 is 0 Å². The number of hydrogen-bond acceptors (Lipinski definition) is 5. The molecule has 0 radical (unpaired) electrons. The number of rotatable bonds is 1. The topological polar surface area (TPSA) is 89.2 Å². The molecule has 3 aromatic rings. The number of fused-ring (bicyclic) bond motifs is 3. The molecule has 2 aromatic carbocycles. The highest BCUT2D eigenvalue weighted by atomic mass is 16.5. The van der Waals surface area contributed by atoms with Gasteiger partial charge in [0.05, 0.1) is 5.92 Å². The van der Waals surface area contributed by atoms with Crippen molar-refractivity contribution in [2.45, 2.75) is 12.8 Å². The van der Waals surface area contributed by atoms with Crippen molar-refractivity contribution < 1.29 is 9.15 Å². The molecule has 0 amide bonds. The summed E-state index contributed by atoms with van der Waals surface area (Å²) in [6, 6.07) is 17.1. The van der Waals surface area contributed by atoms with Gasteiger partial charge in [-0.05, 0) is 18.6 Å². The number of ether oxygens (including phenoxy) is 1. The Labute approximate surface area is 143 Å². The van der Waals surface area contributed by atoms with Gasteiger partial charge in [-0.15, -0.1) is 0 Å². The largest absolute Gasteiger partial charge is 0.432 e. The van der Waals surface area contributed by atoms with Crippen LogP contribution in [0.5, 0.6) is 5.75 Å². The summed E-state index contributed by atoms with van der Waals surface area (Å²) in [6.45, 7) is 1.99. The Morgan fingerprint density at radius 3 is 2.56 bits per heavy atom. The maximum atomic E-state index is 12.4. The quantitative estimate of drug-likeness (QED) is 0.691. The van der Waals surface area contributed by atoms with Crippen molar-refractivity contribution in [1.29, 1.82) is 5.26 Å². The van der Waals surface area contributed by atoms with Crippen LogP contribution in [0.4, 0.5) is 0 Å². The lowest BCUT2D eigenvalue weighted by Gasteiger charge is -2.26. The fraction of sp³-hybridized carbons (Fsp3) is 0.100. The van der Waals surface area contributed by atoms with Gasteiger partial charge >= 0.3 is 5.63 Å². The first-order chi connectivity index (χ1) is 12.1. The third-order valence-corrected chi connectivity index (χ3v) is 4.40. The molecular formula is C20H14N2O3. The second-order valence-electron chi connectivity index (χ2n) is 5.96. The lowest BCUT2D eigenvalue weighted by Crippen LogP contribution is -2.25. The van der Waals surface area contributed by atoms with E-state index in [1.807, 2.05) is 43.3 Å². The SMILES string of the molecule is Cc1ccc([C@@H]2C(C#N)=C(N)Oc3c2c2ccccc2oc3=O)cc1. The van der Waals surface area contributed by atoms with E-state index in [1.54, 1.807) is 12.1 Å². The normalized spacial score (nSPS) is 16.2. The molecule has 0 fully saturated rings. The number of nitriles is 1. The second-order valence-corrected chi connectivity index (χ2v) is 5.96. The highest BCUT2D eigenvalue weighted by Gasteiger charge is 2.34. The number of aryl methyl sites for hydroxylation is 1. The van der Waals surface area contributed by atoms with Crippen molar-refractivity contribution in [3.05, 3.63) is 87.1 Å². The zero-order valence-corrected chi connectivity index (χ0v) is 13.4. The van der Waals surface area contributed by atoms with E-state index < -0.39 is 11.5 Å². The molecule has 1 aliphatic heterocycles. The van der Waals surface area contributed by atoms with Crippen molar-refractivity contribution in [3.63, 3.8) is 0 Å². The van der Waals surface area contributed by atoms with E-state index in [0.717, 1.165) is 16.5 Å². The lowest BCUT2D eigenvalue weighted by molar-refractivity contribution is 0.368. The fourth-order valence-corrected chi connectivity index (χ4v) is 3.20. The average molecular weight is 330 g/mol. The Morgan fingerprint density at radius 2 is 1.84 bits per heavy atom. The summed E-state index contributed by atoms with van der Waals surface area (Å²) in [5, 5.41) is 10.4. The molecule has 5 heteroatoms. The maximum Gasteiger partial charge on any atom is 0.380 e. The molecule has 0 bridgehead atoms. The minimum Gasteiger partial charge on any atom is -0.432 e. The number of allylic oxidation sites excluding steroid dienone is 1. The Morgan fingerprint density at radius 1 is 1.12 bits per heavy atom. The molecule has 1 aromatic heterocycles. The van der Waals surface area contributed by atoms with Gasteiger partial charge in [-0.25, -0.2) is 4.79 Å². The summed E-state index contributed by atoms with van der Waals surface area (Å²) < 4.78 is 10.8. The van der Waals surface area contributed by atoms with Crippen LogP contribution in [0.15, 0.2) is 69.2 Å². The van der Waals surface area contributed by atoms with Crippen LogP contribution in [0.25, 0.3) is 11.0 Å². The predicted octanol–water partition coefficient (Wildman–Crippen LogP) is 3.32. The van der Waals surface area contributed by atoms with Crippen LogP contribution in [0.1, 0.15) is 22.6 Å². The zero-order chi connectivity index (χ0) is 17.6. The first-order valence-corrected chi connectivity index (χ1v) is 7.80. The van der Waals surface area contributed by atoms with E-state index in [4.69, 9.17) is 14.9 Å². The van der Waals surface area contributed by atoms with Crippen LogP contribution in [0, 0.1) is 18.3 Å². The summed E-state index contributed by atoms with van der Waals surface area (Å²) in [4.78, 5) is 12.4. The van der Waals surface area contributed by atoms with Gasteiger partial charge in [0.2, 0.25) is 11.6 Å². The molecular weight excluding hydrogens is 316 g/mol. The highest BCUT2D eigenvalue weighted by Crippen LogP contribution is 2.43. The monoisotopic (exact) mass is 330 g/mol. The predicted molar refractivity (Wildman–Crippen MR) is 93.0 cm³/mol. The van der Waals surface area contributed by atoms with Gasteiger partial charge in [0.1, 0.15) is 17.2 Å². The molecule has 0 aliphatic carbocycles. The first kappa shape index (κ1) is 15.0. The Hall–Kier alpha value is -3.52. The number of para-hydroxylation sites is 1. The summed E-state index contributed by atoms with van der Waals surface area (Å²) in [5.41, 5.74) is 8.64. The molecule has 1 atom stereocenters. The van der Waals surface area contributed by atoms with Gasteiger partial charge in [-0.3, -0.25) is 0 Å². The van der Waals surface area contributed by atoms with E-state index in [1.165, 1.54) is 0 Å². The summed E-state index contributed by atoms with van der Waals surface area (Å²) in [5.74, 6) is -0.507. The fourth-order valence-electron chi connectivity index (χ4n) is 3.20. The molecule has 0 saturated heterocycles. The highest BCUT2D eigenvalue weighted by molar-refractivity contribution is 5.85. The van der Waals surface area contributed by atoms with Crippen molar-refractivity contribution in [2.75, 3.05) is 0 Å². The number of nitrogens with zero attached hydrogens (tertiary/aromatic N) is 1. The number of hydrogen-bond donors (Lipinski definition) is 1. The van der Waals surface area contributed by atoms with Gasteiger partial charge < -0.3 is 14.9 Å². The molecule has 1 aliphatic rings. The van der Waals surface area contributed by atoms with Gasteiger partial charge in [-0.2, -0.15) is 5.26 Å². The Bertz CT molecular complexity index is 1120. The smallest absolute Gasteiger partial charge is 0.380 e. The molecule has 0 spiro atoms. The standard InChI is InChI=1S/C20H14N2O3/c1-11-6-8-12(9-7-11)16-14(10-21)19(22)25-18-17(16)13-4-2-3-5-15(13)24-20(18)23/h2-9,16H,22H2,1H3/t16-/m1/s1. The van der Waals surface area contributed by atoms with Crippen LogP contribution in [0.2, 0.25) is 0 Å². The molecule has 122 valence electrons. The van der Waals surface area contributed by atoms with Crippen LogP contribution < -0.4 is 16.1 Å². The van der Waals surface area contributed by atoms with Crippen molar-refractivity contribution in [2.24, 2.45) is 5.73 Å². The molecule has 2 N–H and O–H groups in total. The average Bonchev–Trinajstić information content (AvgIpc) is 2.62. The van der Waals surface area contributed by atoms with E-state index in [2.05, 4.69) is 6.07 Å². The van der Waals surface area contributed by atoms with Gasteiger partial charge in [0, 0.05) is 10.9 Å². The molecule has 25 heavy (non-hydrogen) atoms. The van der Waals surface area contributed by atoms with Crippen LogP contribution >= 0.6 is 0 Å². The lowest BCUT2D eigenvalue weighted by atomic mass is 9.82. The number of benzene rings is 2. The Balaban J connectivity index is 2.11. The van der Waals surface area contributed by atoms with Crippen molar-refractivity contribution in [3.8, 4) is 11.8 Å². The van der Waals surface area contributed by atoms with Crippen molar-refractivity contribution in [1.82, 2.24) is 0 Å². The number of nitrogens with two attached hydrogens (primary N) is 1. The second kappa shape index (κ2) is 5.53. The summed E-state index contributed by atoms with van der Waals surface area (Å²) in [7, 11) is 0. The molecule has 4 rings (SSSR count). The van der Waals surface area contributed by atoms with Crippen molar-refractivity contribution >= 4 is 11.0 Å². The summed E-state index contributed by atoms with van der Waals surface area (Å²) >= 11 is 0. The maximum absolute atomic E-state index is 12.4. The zero-order valence-electron chi connectivity index (χ0n) is 13.4. The van der Waals surface area contributed by atoms with Crippen LogP contribution in [0.3, 0.4) is 0 Å². The molecule has 5 nitrogen and oxygen atoms in total. The minimum atomic E-state index is -0.606. The van der Waals surface area contributed by atoms with E-state index in [9.17, 15) is 10.1 Å². The third-order valence-electron chi connectivity index (χ3n) is 4.40. The first-order valence-electron chi connectivity index (χ1n) is 7.80. The van der Waals surface area contributed by atoms with Gasteiger partial charge in [-0.1, -0.05) is 48.0 Å². The van der Waals surface area contributed by atoms with E-state index in [0.29, 0.717) is 11.1 Å². The molecule has 0 saturated carbocycles. The van der Waals surface area contributed by atoms with Crippen LogP contribution in [-0.2, 0) is 0 Å². The molecule has 2 heterocycles. The van der Waals surface area contributed by atoms with Crippen LogP contribution in [-0.4, -0.2) is 0 Å². The third kappa shape index (κ3) is 2.27.